The van der Waals surface area contributed by atoms with Crippen LogP contribution in [0, 0.1) is 0 Å². The first-order valence-electron chi connectivity index (χ1n) is 11.0. The lowest BCUT2D eigenvalue weighted by atomic mass is 10.1. The Balaban J connectivity index is 1.35. The first kappa shape index (κ1) is 20.1. The molecule has 0 amide bonds. The molecule has 1 aliphatic rings. The van der Waals surface area contributed by atoms with Crippen molar-refractivity contribution in [3.05, 3.63) is 60.4 Å². The molecule has 0 bridgehead atoms. The van der Waals surface area contributed by atoms with Crippen LogP contribution in [0.5, 0.6) is 0 Å². The molecule has 0 atom stereocenters. The van der Waals surface area contributed by atoms with Crippen LogP contribution in [0.25, 0.3) is 31.4 Å². The third-order valence-corrected chi connectivity index (χ3v) is 7.11. The maximum atomic E-state index is 5.74. The lowest BCUT2D eigenvalue weighted by Crippen LogP contribution is -2.42. The van der Waals surface area contributed by atoms with E-state index in [4.69, 9.17) is 5.73 Å². The smallest absolute Gasteiger partial charge is 0.221 e. The van der Waals surface area contributed by atoms with E-state index in [0.717, 1.165) is 54.9 Å². The van der Waals surface area contributed by atoms with Crippen LogP contribution in [0.3, 0.4) is 0 Å². The number of hydrogen-bond acceptors (Lipinski definition) is 8. The van der Waals surface area contributed by atoms with Crippen LogP contribution < -0.4 is 16.4 Å². The van der Waals surface area contributed by atoms with Gasteiger partial charge in [0, 0.05) is 65.1 Å². The largest absolute Gasteiger partial charge is 0.368 e. The minimum atomic E-state index is 0.241. The molecule has 1 fully saturated rings. The van der Waals surface area contributed by atoms with Crippen molar-refractivity contribution in [2.24, 2.45) is 0 Å². The summed E-state index contributed by atoms with van der Waals surface area (Å²) in [6.07, 6.45) is 3.49. The minimum Gasteiger partial charge on any atom is -0.368 e. The Labute approximate surface area is 194 Å². The summed E-state index contributed by atoms with van der Waals surface area (Å²) in [5.41, 5.74) is 10.2. The average molecular weight is 457 g/mol. The molecule has 0 radical (unpaired) electrons. The van der Waals surface area contributed by atoms with Crippen LogP contribution in [-0.2, 0) is 6.54 Å². The Morgan fingerprint density at radius 1 is 1.06 bits per heavy atom. The average Bonchev–Trinajstić information content (AvgIpc) is 3.46. The molecule has 3 aromatic heterocycles. The molecule has 4 heterocycles. The van der Waals surface area contributed by atoms with E-state index in [9.17, 15) is 0 Å². The van der Waals surface area contributed by atoms with Gasteiger partial charge in [0.25, 0.3) is 0 Å². The normalized spacial score (nSPS) is 14.8. The monoisotopic (exact) mass is 456 g/mol. The summed E-state index contributed by atoms with van der Waals surface area (Å²) >= 11 is 1.80. The van der Waals surface area contributed by atoms with Crippen molar-refractivity contribution in [2.45, 2.75) is 6.54 Å². The quantitative estimate of drug-likeness (QED) is 0.317. The number of fused-ring (bicyclic) bond motifs is 2. The Morgan fingerprint density at radius 3 is 2.85 bits per heavy atom. The van der Waals surface area contributed by atoms with Gasteiger partial charge in [0.15, 0.2) is 0 Å². The highest BCUT2D eigenvalue weighted by atomic mass is 32.1. The number of hydrogen-bond donors (Lipinski definition) is 4. The highest BCUT2D eigenvalue weighted by Crippen LogP contribution is 2.39. The second-order valence-corrected chi connectivity index (χ2v) is 9.38. The van der Waals surface area contributed by atoms with Crippen LogP contribution in [0.4, 0.5) is 17.5 Å². The molecule has 0 aliphatic carbocycles. The summed E-state index contributed by atoms with van der Waals surface area (Å²) in [5, 5.41) is 16.5. The summed E-state index contributed by atoms with van der Waals surface area (Å²) in [6.45, 7) is 5.33. The van der Waals surface area contributed by atoms with Gasteiger partial charge < -0.3 is 16.4 Å². The number of nitrogens with one attached hydrogen (secondary N) is 3. The van der Waals surface area contributed by atoms with E-state index in [-0.39, 0.29) is 5.95 Å². The van der Waals surface area contributed by atoms with Gasteiger partial charge in [-0.3, -0.25) is 10.00 Å². The second kappa shape index (κ2) is 8.43. The molecule has 1 aliphatic heterocycles. The van der Waals surface area contributed by atoms with Gasteiger partial charge in [-0.2, -0.15) is 10.1 Å². The fraction of sp³-hybridized carbons (Fsp3) is 0.208. The predicted octanol–water partition coefficient (Wildman–Crippen LogP) is 3.97. The van der Waals surface area contributed by atoms with Gasteiger partial charge in [-0.15, -0.1) is 11.3 Å². The Morgan fingerprint density at radius 2 is 1.97 bits per heavy atom. The zero-order chi connectivity index (χ0) is 22.2. The number of aromatic nitrogens is 4. The Kier molecular flexibility index (Phi) is 5.14. The number of thiophene rings is 1. The number of nitrogens with zero attached hydrogens (tertiary/aromatic N) is 4. The summed E-state index contributed by atoms with van der Waals surface area (Å²) in [7, 11) is 0. The Bertz CT molecular complexity index is 1430. The molecule has 0 unspecified atom stereocenters. The first-order valence-corrected chi connectivity index (χ1v) is 11.8. The van der Waals surface area contributed by atoms with E-state index in [0.29, 0.717) is 5.82 Å². The predicted molar refractivity (Wildman–Crippen MR) is 135 cm³/mol. The number of anilines is 3. The van der Waals surface area contributed by atoms with Crippen molar-refractivity contribution in [3.8, 4) is 10.4 Å². The van der Waals surface area contributed by atoms with Gasteiger partial charge in [-0.25, -0.2) is 4.98 Å². The molecule has 9 heteroatoms. The van der Waals surface area contributed by atoms with E-state index in [1.54, 1.807) is 23.6 Å². The van der Waals surface area contributed by atoms with Crippen molar-refractivity contribution in [1.82, 2.24) is 30.4 Å². The van der Waals surface area contributed by atoms with E-state index < -0.39 is 0 Å². The fourth-order valence-electron chi connectivity index (χ4n) is 4.37. The van der Waals surface area contributed by atoms with Crippen molar-refractivity contribution in [3.63, 3.8) is 0 Å². The zero-order valence-corrected chi connectivity index (χ0v) is 18.8. The summed E-state index contributed by atoms with van der Waals surface area (Å²) in [6, 6.07) is 15.1. The molecule has 6 rings (SSSR count). The number of nitrogens with two attached hydrogens (primary N) is 1. The van der Waals surface area contributed by atoms with Crippen molar-refractivity contribution >= 4 is 49.8 Å². The van der Waals surface area contributed by atoms with E-state index in [2.05, 4.69) is 72.1 Å². The molecule has 0 saturated carbocycles. The number of benzene rings is 2. The molecule has 8 nitrogen and oxygen atoms in total. The summed E-state index contributed by atoms with van der Waals surface area (Å²) in [4.78, 5) is 11.9. The maximum Gasteiger partial charge on any atom is 0.221 e. The lowest BCUT2D eigenvalue weighted by molar-refractivity contribution is 0.233. The van der Waals surface area contributed by atoms with E-state index >= 15 is 0 Å². The highest BCUT2D eigenvalue weighted by Gasteiger charge is 2.14. The molecule has 33 heavy (non-hydrogen) atoms. The number of nitrogen functional groups attached to an aromatic ring is 1. The van der Waals surface area contributed by atoms with Gasteiger partial charge >= 0.3 is 0 Å². The minimum absolute atomic E-state index is 0.241. The van der Waals surface area contributed by atoms with Crippen LogP contribution in [0.15, 0.2) is 54.9 Å². The van der Waals surface area contributed by atoms with Crippen LogP contribution >= 0.6 is 11.3 Å². The van der Waals surface area contributed by atoms with Crippen molar-refractivity contribution in [2.75, 3.05) is 37.2 Å². The highest BCUT2D eigenvalue weighted by molar-refractivity contribution is 7.22. The van der Waals surface area contributed by atoms with Crippen LogP contribution in [0.2, 0.25) is 0 Å². The summed E-state index contributed by atoms with van der Waals surface area (Å²) < 4.78 is 1.28. The standard InChI is InChI=1S/C24H24N8S/c25-24-27-4-3-22(30-24)29-18-10-17-13-28-31-23(17)19(12-18)21-11-16-9-15(1-2-20(16)33-21)14-32-7-5-26-6-8-32/h1-4,9-13,26H,5-8,14H2,(H,28,31)(H3,25,27,29,30). The third-order valence-electron chi connectivity index (χ3n) is 5.96. The SMILES string of the molecule is Nc1nccc(Nc2cc(-c3cc4cc(CN5CCNCC5)ccc4s3)c3[nH]ncc3c2)n1. The van der Waals surface area contributed by atoms with Gasteiger partial charge in [0.2, 0.25) is 5.95 Å². The van der Waals surface area contributed by atoms with Gasteiger partial charge in [0.1, 0.15) is 5.82 Å². The fourth-order valence-corrected chi connectivity index (χ4v) is 5.43. The first-order chi connectivity index (χ1) is 16.2. The molecule has 166 valence electrons. The lowest BCUT2D eigenvalue weighted by Gasteiger charge is -2.27. The third kappa shape index (κ3) is 4.13. The number of aromatic amines is 1. The van der Waals surface area contributed by atoms with Crippen LogP contribution in [-0.4, -0.2) is 51.2 Å². The van der Waals surface area contributed by atoms with E-state index in [1.807, 2.05) is 6.20 Å². The van der Waals surface area contributed by atoms with Crippen LogP contribution in [0.1, 0.15) is 5.56 Å². The van der Waals surface area contributed by atoms with Gasteiger partial charge in [-0.1, -0.05) is 6.07 Å². The molecule has 0 spiro atoms. The van der Waals surface area contributed by atoms with Gasteiger partial charge in [0.05, 0.1) is 11.7 Å². The molecule has 5 N–H and O–H groups in total. The molecule has 1 saturated heterocycles. The second-order valence-electron chi connectivity index (χ2n) is 8.29. The number of H-pyrrole nitrogens is 1. The maximum absolute atomic E-state index is 5.74. The van der Waals surface area contributed by atoms with Crippen molar-refractivity contribution in [1.29, 1.82) is 0 Å². The molecular weight excluding hydrogens is 432 g/mol. The topological polar surface area (TPSA) is 108 Å². The molecular formula is C24H24N8S. The number of piperazine rings is 1. The zero-order valence-electron chi connectivity index (χ0n) is 18.0. The van der Waals surface area contributed by atoms with Crippen molar-refractivity contribution < 1.29 is 0 Å². The number of rotatable bonds is 5. The Hall–Kier alpha value is -3.53. The molecule has 5 aromatic rings. The summed E-state index contributed by atoms with van der Waals surface area (Å²) in [5.74, 6) is 0.899. The van der Waals surface area contributed by atoms with E-state index in [1.165, 1.54) is 20.5 Å². The van der Waals surface area contributed by atoms with Gasteiger partial charge in [-0.05, 0) is 47.3 Å². The molecule has 2 aromatic carbocycles.